The van der Waals surface area contributed by atoms with Gasteiger partial charge in [-0.15, -0.1) is 0 Å². The second-order valence-electron chi connectivity index (χ2n) is 12.7. The van der Waals surface area contributed by atoms with Crippen molar-refractivity contribution < 1.29 is 26.3 Å². The largest absolute Gasteiger partial charge is 0.416 e. The fourth-order valence-electron chi connectivity index (χ4n) is 7.07. The molecule has 0 unspecified atom stereocenters. The van der Waals surface area contributed by atoms with Gasteiger partial charge in [0.25, 0.3) is 0 Å². The Balaban J connectivity index is 1.85. The minimum atomic E-state index is -4.51. The van der Waals surface area contributed by atoms with Gasteiger partial charge in [-0.1, -0.05) is 136 Å². The third-order valence-electron chi connectivity index (χ3n) is 8.96. The van der Waals surface area contributed by atoms with Crippen LogP contribution in [0.4, 0.5) is 26.3 Å². The van der Waals surface area contributed by atoms with Crippen LogP contribution in [0.5, 0.6) is 0 Å². The molecule has 0 aromatic heterocycles. The number of hydrogen-bond acceptors (Lipinski definition) is 0. The number of benzene rings is 5. The fraction of sp³-hybridized carbons (Fsp3) is 0.150. The molecule has 0 saturated carbocycles. The smallest absolute Gasteiger partial charge is 0.166 e. The molecule has 5 aromatic rings. The van der Waals surface area contributed by atoms with Crippen LogP contribution < -0.4 is 5.19 Å². The molecular weight excluding hydrogens is 623 g/mol. The van der Waals surface area contributed by atoms with Crippen LogP contribution in [0, 0.1) is 0 Å². The minimum absolute atomic E-state index is 0.513. The van der Waals surface area contributed by atoms with E-state index in [2.05, 4.69) is 32.9 Å². The van der Waals surface area contributed by atoms with Crippen LogP contribution in [0.15, 0.2) is 140 Å². The van der Waals surface area contributed by atoms with Gasteiger partial charge < -0.3 is 0 Å². The summed E-state index contributed by atoms with van der Waals surface area (Å²) in [7, 11) is -3.37. The molecular formula is C40H32F6Si. The van der Waals surface area contributed by atoms with E-state index >= 15 is 0 Å². The van der Waals surface area contributed by atoms with Crippen molar-refractivity contribution in [2.45, 2.75) is 38.2 Å². The second kappa shape index (κ2) is 11.9. The van der Waals surface area contributed by atoms with Gasteiger partial charge in [-0.2, -0.15) is 26.3 Å². The molecule has 5 aromatic carbocycles. The van der Waals surface area contributed by atoms with Crippen molar-refractivity contribution in [3.63, 3.8) is 0 Å². The molecule has 0 aliphatic carbocycles. The molecule has 0 saturated heterocycles. The predicted octanol–water partition coefficient (Wildman–Crippen LogP) is 11.5. The van der Waals surface area contributed by atoms with E-state index in [4.69, 9.17) is 0 Å². The van der Waals surface area contributed by atoms with Crippen LogP contribution in [0.3, 0.4) is 0 Å². The van der Waals surface area contributed by atoms with Gasteiger partial charge in [0, 0.05) is 0 Å². The predicted molar refractivity (Wildman–Crippen MR) is 181 cm³/mol. The standard InChI is InChI=1S/C40H32F6Si/c1-38(2,3)47(33-17-11-6-12-18-33)36(29-19-23-31(24-20-29)39(41,42)43)34(27-13-7-4-8-14-27)35(28-15-9-5-10-16-28)37(47)30-21-25-32(26-22-30)40(44,45)46/h4-26H,1-3H3. The van der Waals surface area contributed by atoms with E-state index in [9.17, 15) is 26.3 Å². The molecule has 0 atom stereocenters. The first-order valence-electron chi connectivity index (χ1n) is 15.3. The summed E-state index contributed by atoms with van der Waals surface area (Å²) in [5, 5.41) is 2.34. The third kappa shape index (κ3) is 5.67. The van der Waals surface area contributed by atoms with E-state index in [1.165, 1.54) is 0 Å². The molecule has 1 aliphatic heterocycles. The van der Waals surface area contributed by atoms with Crippen LogP contribution in [0.1, 0.15) is 54.2 Å². The zero-order valence-corrected chi connectivity index (χ0v) is 27.0. The average Bonchev–Trinajstić information content (AvgIpc) is 3.39. The summed E-state index contributed by atoms with van der Waals surface area (Å²) in [5.41, 5.74) is 3.30. The fourth-order valence-corrected chi connectivity index (χ4v) is 13.4. The number of hydrogen-bond donors (Lipinski definition) is 0. The van der Waals surface area contributed by atoms with E-state index in [-0.39, 0.29) is 0 Å². The number of allylic oxidation sites excluding steroid dienone is 2. The van der Waals surface area contributed by atoms with Crippen molar-refractivity contribution >= 4 is 34.8 Å². The maximum absolute atomic E-state index is 13.8. The number of rotatable bonds is 5. The van der Waals surface area contributed by atoms with E-state index in [0.717, 1.165) is 62.1 Å². The molecule has 7 heteroatoms. The molecule has 0 radical (unpaired) electrons. The lowest BCUT2D eigenvalue weighted by atomic mass is 9.89. The highest BCUT2D eigenvalue weighted by Gasteiger charge is 2.58. The summed E-state index contributed by atoms with van der Waals surface area (Å²) in [5.74, 6) is 0. The van der Waals surface area contributed by atoms with Crippen molar-refractivity contribution in [1.29, 1.82) is 0 Å². The van der Waals surface area contributed by atoms with Crippen molar-refractivity contribution in [1.82, 2.24) is 0 Å². The summed E-state index contributed by atoms with van der Waals surface area (Å²) >= 11 is 0. The number of halogens is 6. The van der Waals surface area contributed by atoms with Gasteiger partial charge in [0.1, 0.15) is 0 Å². The quantitative estimate of drug-likeness (QED) is 0.131. The van der Waals surface area contributed by atoms with Gasteiger partial charge in [-0.3, -0.25) is 0 Å². The Morgan fingerprint density at radius 2 is 0.702 bits per heavy atom. The average molecular weight is 655 g/mol. The second-order valence-corrected chi connectivity index (χ2v) is 17.3. The van der Waals surface area contributed by atoms with Gasteiger partial charge in [-0.25, -0.2) is 0 Å². The highest BCUT2D eigenvalue weighted by atomic mass is 28.3. The van der Waals surface area contributed by atoms with E-state index in [1.54, 1.807) is 24.3 Å². The van der Waals surface area contributed by atoms with Crippen molar-refractivity contribution in [2.75, 3.05) is 0 Å². The lowest BCUT2D eigenvalue weighted by Crippen LogP contribution is -2.56. The van der Waals surface area contributed by atoms with E-state index in [1.807, 2.05) is 78.9 Å². The Hall–Kier alpha value is -4.62. The normalized spacial score (nSPS) is 15.3. The monoisotopic (exact) mass is 654 g/mol. The first-order valence-corrected chi connectivity index (χ1v) is 17.3. The van der Waals surface area contributed by atoms with Gasteiger partial charge in [0.05, 0.1) is 11.1 Å². The van der Waals surface area contributed by atoms with Crippen LogP contribution in [-0.4, -0.2) is 8.07 Å². The molecule has 0 nitrogen and oxygen atoms in total. The summed E-state index contributed by atoms with van der Waals surface area (Å²) in [6, 6.07) is 40.1. The van der Waals surface area contributed by atoms with Crippen LogP contribution in [0.2, 0.25) is 5.04 Å². The van der Waals surface area contributed by atoms with Crippen molar-refractivity contribution in [3.05, 3.63) is 173 Å². The SMILES string of the molecule is CC(C)(C)[Si]1(c2ccccc2)C(c2ccc(C(F)(F)F)cc2)=C(c2ccccc2)C(c2ccccc2)=C1c1ccc(C(F)(F)F)cc1. The molecule has 0 spiro atoms. The maximum Gasteiger partial charge on any atom is 0.416 e. The van der Waals surface area contributed by atoms with Crippen LogP contribution in [-0.2, 0) is 12.4 Å². The Kier molecular flexibility index (Phi) is 8.17. The van der Waals surface area contributed by atoms with E-state index < -0.39 is 36.6 Å². The third-order valence-corrected chi connectivity index (χ3v) is 15.0. The molecule has 1 heterocycles. The number of alkyl halides is 6. The Morgan fingerprint density at radius 3 is 1.00 bits per heavy atom. The van der Waals surface area contributed by atoms with Crippen LogP contribution >= 0.6 is 0 Å². The molecule has 0 fully saturated rings. The van der Waals surface area contributed by atoms with Crippen molar-refractivity contribution in [3.8, 4) is 0 Å². The van der Waals surface area contributed by atoms with E-state index in [0.29, 0.717) is 11.1 Å². The topological polar surface area (TPSA) is 0 Å². The summed E-state index contributed by atoms with van der Waals surface area (Å²) < 4.78 is 83.0. The highest BCUT2D eigenvalue weighted by Crippen LogP contribution is 2.62. The Labute approximate surface area is 271 Å². The first-order chi connectivity index (χ1) is 22.2. The van der Waals surface area contributed by atoms with Crippen molar-refractivity contribution in [2.24, 2.45) is 0 Å². The summed E-state index contributed by atoms with van der Waals surface area (Å²) in [6.45, 7) is 6.41. The summed E-state index contributed by atoms with van der Waals surface area (Å²) in [6.07, 6.45) is -9.02. The summed E-state index contributed by atoms with van der Waals surface area (Å²) in [4.78, 5) is 0. The lowest BCUT2D eigenvalue weighted by Gasteiger charge is -2.45. The molecule has 238 valence electrons. The van der Waals surface area contributed by atoms with Gasteiger partial charge in [0.2, 0.25) is 0 Å². The zero-order valence-electron chi connectivity index (χ0n) is 26.0. The molecule has 0 bridgehead atoms. The van der Waals surface area contributed by atoms with Crippen LogP contribution in [0.25, 0.3) is 21.5 Å². The molecule has 1 aliphatic rings. The first kappa shape index (κ1) is 32.3. The Morgan fingerprint density at radius 1 is 0.383 bits per heavy atom. The molecule has 0 N–H and O–H groups in total. The minimum Gasteiger partial charge on any atom is -0.166 e. The zero-order chi connectivity index (χ0) is 33.6. The molecule has 6 rings (SSSR count). The lowest BCUT2D eigenvalue weighted by molar-refractivity contribution is -0.138. The van der Waals surface area contributed by atoms with Gasteiger partial charge in [0.15, 0.2) is 8.07 Å². The Bertz CT molecular complexity index is 1810. The van der Waals surface area contributed by atoms with Gasteiger partial charge >= 0.3 is 12.4 Å². The molecule has 0 amide bonds. The molecule has 47 heavy (non-hydrogen) atoms. The maximum atomic E-state index is 13.8. The van der Waals surface area contributed by atoms with Gasteiger partial charge in [-0.05, 0) is 78.3 Å². The highest BCUT2D eigenvalue weighted by molar-refractivity contribution is 7.23.